The maximum Gasteiger partial charge on any atom is 0.290 e. The molecule has 0 bridgehead atoms. The van der Waals surface area contributed by atoms with Crippen LogP contribution in [-0.2, 0) is 9.59 Å². The van der Waals surface area contributed by atoms with Crippen LogP contribution in [0.3, 0.4) is 0 Å². The minimum absolute atomic E-state index is 0.225. The first-order valence-corrected chi connectivity index (χ1v) is 10.2. The number of rotatable bonds is 7. The Morgan fingerprint density at radius 3 is 2.57 bits per heavy atom. The van der Waals surface area contributed by atoms with Crippen LogP contribution in [0.2, 0.25) is 0 Å². The highest BCUT2D eigenvalue weighted by molar-refractivity contribution is 7.98. The monoisotopic (exact) mass is 344 g/mol. The highest BCUT2D eigenvalue weighted by Crippen LogP contribution is 2.30. The molecule has 0 aromatic heterocycles. The molecule has 2 N–H and O–H groups in total. The van der Waals surface area contributed by atoms with Gasteiger partial charge in [0.1, 0.15) is 0 Å². The Hall–Kier alpha value is -0.750. The average molecular weight is 345 g/mol. The molecule has 23 heavy (non-hydrogen) atoms. The van der Waals surface area contributed by atoms with Crippen molar-refractivity contribution in [2.24, 2.45) is 0 Å². The fourth-order valence-electron chi connectivity index (χ4n) is 3.71. The van der Waals surface area contributed by atoms with Gasteiger partial charge >= 0.3 is 0 Å². The molecule has 2 aliphatic rings. The molecule has 2 rings (SSSR count). The summed E-state index contributed by atoms with van der Waals surface area (Å²) in [6.07, 6.45) is 13.6. The third-order valence-corrected chi connectivity index (χ3v) is 5.41. The lowest BCUT2D eigenvalue weighted by Crippen LogP contribution is -2.46. The number of thioether (sulfide) groups is 1. The molecule has 1 unspecified atom stereocenters. The molecule has 134 valence electrons. The quantitative estimate of drug-likeness (QED) is 0.695. The number of nitrogens with zero attached hydrogens (tertiary/aromatic N) is 1. The highest BCUT2D eigenvalue weighted by atomic mass is 32.2. The third kappa shape index (κ3) is 8.06. The molecular weight excluding hydrogens is 312 g/mol. The van der Waals surface area contributed by atoms with Crippen molar-refractivity contribution >= 4 is 24.1 Å². The van der Waals surface area contributed by atoms with Gasteiger partial charge in [0.05, 0.1) is 0 Å². The van der Waals surface area contributed by atoms with Crippen molar-refractivity contribution in [1.29, 1.82) is 0 Å². The molecule has 5 nitrogen and oxygen atoms in total. The molecule has 0 aromatic rings. The van der Waals surface area contributed by atoms with Gasteiger partial charge in [0.2, 0.25) is 5.91 Å². The zero-order valence-corrected chi connectivity index (χ0v) is 15.2. The molecule has 2 fully saturated rings. The minimum atomic E-state index is -0.250. The second-order valence-electron chi connectivity index (χ2n) is 6.31. The van der Waals surface area contributed by atoms with Gasteiger partial charge in [-0.05, 0) is 44.9 Å². The van der Waals surface area contributed by atoms with E-state index in [4.69, 9.17) is 9.90 Å². The summed E-state index contributed by atoms with van der Waals surface area (Å²) in [5, 5.41) is 9.99. The molecule has 0 radical (unpaired) electrons. The van der Waals surface area contributed by atoms with Crippen LogP contribution in [0.1, 0.15) is 57.8 Å². The van der Waals surface area contributed by atoms with Gasteiger partial charge in [-0.3, -0.25) is 14.5 Å². The second-order valence-corrected chi connectivity index (χ2v) is 7.30. The van der Waals surface area contributed by atoms with E-state index in [0.29, 0.717) is 12.5 Å². The molecule has 1 saturated heterocycles. The van der Waals surface area contributed by atoms with E-state index in [1.54, 1.807) is 11.8 Å². The Morgan fingerprint density at radius 1 is 1.26 bits per heavy atom. The van der Waals surface area contributed by atoms with Crippen LogP contribution < -0.4 is 5.32 Å². The van der Waals surface area contributed by atoms with E-state index in [2.05, 4.69) is 16.5 Å². The number of carbonyl (C=O) groups is 2. The van der Waals surface area contributed by atoms with Gasteiger partial charge in [-0.15, -0.1) is 0 Å². The summed E-state index contributed by atoms with van der Waals surface area (Å²) in [6, 6.07) is 1.56. The van der Waals surface area contributed by atoms with Crippen LogP contribution in [0.15, 0.2) is 0 Å². The first-order chi connectivity index (χ1) is 11.2. The fourth-order valence-corrected chi connectivity index (χ4v) is 4.10. The molecule has 1 heterocycles. The smallest absolute Gasteiger partial charge is 0.290 e. The average Bonchev–Trinajstić information content (AvgIpc) is 3.08. The van der Waals surface area contributed by atoms with Gasteiger partial charge in [-0.1, -0.05) is 19.3 Å². The Morgan fingerprint density at radius 2 is 1.91 bits per heavy atom. The van der Waals surface area contributed by atoms with Crippen LogP contribution in [0.5, 0.6) is 0 Å². The van der Waals surface area contributed by atoms with Gasteiger partial charge in [0.25, 0.3) is 6.47 Å². The van der Waals surface area contributed by atoms with Crippen molar-refractivity contribution in [3.8, 4) is 0 Å². The van der Waals surface area contributed by atoms with E-state index < -0.39 is 0 Å². The third-order valence-electron chi connectivity index (χ3n) is 4.80. The first-order valence-electron chi connectivity index (χ1n) is 8.82. The summed E-state index contributed by atoms with van der Waals surface area (Å²) in [6.45, 7) is 1.90. The van der Waals surface area contributed by atoms with Crippen LogP contribution in [0, 0.1) is 0 Å². The van der Waals surface area contributed by atoms with Gasteiger partial charge in [-0.2, -0.15) is 11.8 Å². The van der Waals surface area contributed by atoms with Crippen molar-refractivity contribution in [2.75, 3.05) is 25.1 Å². The highest BCUT2D eigenvalue weighted by Gasteiger charge is 2.30. The first kappa shape index (κ1) is 20.3. The predicted molar refractivity (Wildman–Crippen MR) is 95.9 cm³/mol. The largest absolute Gasteiger partial charge is 0.483 e. The number of carbonyl (C=O) groups excluding carboxylic acids is 1. The van der Waals surface area contributed by atoms with Crippen molar-refractivity contribution in [1.82, 2.24) is 10.2 Å². The van der Waals surface area contributed by atoms with E-state index in [-0.39, 0.29) is 12.4 Å². The Labute approximate surface area is 144 Å². The minimum Gasteiger partial charge on any atom is -0.483 e. The van der Waals surface area contributed by atoms with E-state index in [9.17, 15) is 4.79 Å². The SMILES string of the molecule is CSCCC(=O)NCCC1CCCCN1C1CCCC1.O=CO. The predicted octanol–water partition coefficient (Wildman–Crippen LogP) is 2.74. The van der Waals surface area contributed by atoms with Crippen LogP contribution >= 0.6 is 11.8 Å². The number of likely N-dealkylation sites (tertiary alicyclic amines) is 1. The van der Waals surface area contributed by atoms with E-state index in [1.165, 1.54) is 51.5 Å². The Balaban J connectivity index is 0.000000816. The summed E-state index contributed by atoms with van der Waals surface area (Å²) in [7, 11) is 0. The molecule has 1 aliphatic heterocycles. The zero-order chi connectivity index (χ0) is 16.9. The summed E-state index contributed by atoms with van der Waals surface area (Å²) in [5.74, 6) is 1.16. The molecule has 1 amide bonds. The van der Waals surface area contributed by atoms with Crippen molar-refractivity contribution in [3.63, 3.8) is 0 Å². The standard InChI is InChI=1S/C16H30N2OS.CH2O2/c1-20-13-10-16(19)17-11-9-15-8-4-5-12-18(15)14-6-2-3-7-14;2-1-3/h14-15H,2-13H2,1H3,(H,17,19);1H,(H,2,3). The molecule has 1 saturated carbocycles. The number of hydrogen-bond donors (Lipinski definition) is 2. The number of piperidine rings is 1. The lowest BCUT2D eigenvalue weighted by molar-refractivity contribution is -0.123. The molecule has 1 atom stereocenters. The van der Waals surface area contributed by atoms with E-state index in [0.717, 1.165) is 24.8 Å². The molecular formula is C17H32N2O3S. The fraction of sp³-hybridized carbons (Fsp3) is 0.882. The van der Waals surface area contributed by atoms with E-state index in [1.807, 2.05) is 0 Å². The lowest BCUT2D eigenvalue weighted by atomic mass is 9.96. The van der Waals surface area contributed by atoms with Crippen molar-refractivity contribution < 1.29 is 14.7 Å². The molecule has 6 heteroatoms. The molecule has 1 aliphatic carbocycles. The number of carboxylic acid groups (broad SMARTS) is 1. The van der Waals surface area contributed by atoms with Crippen LogP contribution in [0.25, 0.3) is 0 Å². The normalized spacial score (nSPS) is 22.2. The summed E-state index contributed by atoms with van der Waals surface area (Å²) < 4.78 is 0. The molecule has 0 aromatic carbocycles. The van der Waals surface area contributed by atoms with Gasteiger partial charge in [0.15, 0.2) is 0 Å². The number of amides is 1. The van der Waals surface area contributed by atoms with Gasteiger partial charge in [-0.25, -0.2) is 0 Å². The summed E-state index contributed by atoms with van der Waals surface area (Å²) in [5.41, 5.74) is 0. The second kappa shape index (κ2) is 12.6. The van der Waals surface area contributed by atoms with Crippen molar-refractivity contribution in [3.05, 3.63) is 0 Å². The summed E-state index contributed by atoms with van der Waals surface area (Å²) in [4.78, 5) is 22.8. The zero-order valence-electron chi connectivity index (χ0n) is 14.3. The lowest BCUT2D eigenvalue weighted by Gasteiger charge is -2.40. The van der Waals surface area contributed by atoms with Gasteiger partial charge < -0.3 is 10.4 Å². The topological polar surface area (TPSA) is 69.6 Å². The van der Waals surface area contributed by atoms with Crippen LogP contribution in [-0.4, -0.2) is 59.6 Å². The number of hydrogen-bond acceptors (Lipinski definition) is 4. The van der Waals surface area contributed by atoms with Crippen LogP contribution in [0.4, 0.5) is 0 Å². The molecule has 0 spiro atoms. The van der Waals surface area contributed by atoms with Crippen molar-refractivity contribution in [2.45, 2.75) is 69.9 Å². The Kier molecular flexibility index (Phi) is 11.2. The maximum atomic E-state index is 11.6. The number of nitrogens with one attached hydrogen (secondary N) is 1. The Bertz CT molecular complexity index is 336. The summed E-state index contributed by atoms with van der Waals surface area (Å²) >= 11 is 1.74. The maximum absolute atomic E-state index is 11.6. The van der Waals surface area contributed by atoms with Gasteiger partial charge in [0, 0.05) is 30.8 Å². The van der Waals surface area contributed by atoms with E-state index >= 15 is 0 Å².